The first-order valence-electron chi connectivity index (χ1n) is 5.26. The normalized spacial score (nSPS) is 9.83. The predicted molar refractivity (Wildman–Crippen MR) is 75.7 cm³/mol. The zero-order chi connectivity index (χ0) is 13.4. The number of hydrogen-bond donors (Lipinski definition) is 1. The Bertz CT molecular complexity index is 434. The van der Waals surface area contributed by atoms with Crippen LogP contribution in [0, 0.1) is 0 Å². The molecule has 1 aromatic rings. The van der Waals surface area contributed by atoms with E-state index in [1.165, 1.54) is 6.92 Å². The minimum atomic E-state index is -0.640. The molecular formula is C12H13NO3S2. The monoisotopic (exact) mass is 283 g/mol. The predicted octanol–water partition coefficient (Wildman–Crippen LogP) is 2.16. The van der Waals surface area contributed by atoms with Crippen LogP contribution in [0.3, 0.4) is 0 Å². The summed E-state index contributed by atoms with van der Waals surface area (Å²) in [6.07, 6.45) is 0. The number of carbonyl (C=O) groups is 3. The molecule has 1 rings (SSSR count). The third-order valence-corrected chi connectivity index (χ3v) is 3.77. The maximum Gasteiger partial charge on any atom is 0.302 e. The average molecular weight is 283 g/mol. The number of thioether (sulfide) groups is 2. The quantitative estimate of drug-likeness (QED) is 0.677. The van der Waals surface area contributed by atoms with Crippen LogP contribution in [0.2, 0.25) is 0 Å². The van der Waals surface area contributed by atoms with Crippen LogP contribution in [0.5, 0.6) is 0 Å². The van der Waals surface area contributed by atoms with Crippen molar-refractivity contribution in [2.45, 2.75) is 6.92 Å². The van der Waals surface area contributed by atoms with Crippen molar-refractivity contribution in [2.75, 3.05) is 16.8 Å². The Morgan fingerprint density at radius 1 is 1.06 bits per heavy atom. The van der Waals surface area contributed by atoms with Crippen LogP contribution in [0.15, 0.2) is 30.3 Å². The highest BCUT2D eigenvalue weighted by Crippen LogP contribution is 2.11. The summed E-state index contributed by atoms with van der Waals surface area (Å²) in [6, 6.07) is 8.79. The molecule has 0 saturated carbocycles. The van der Waals surface area contributed by atoms with Gasteiger partial charge >= 0.3 is 5.91 Å². The summed E-state index contributed by atoms with van der Waals surface area (Å²) in [5, 5.41) is 1.98. The summed E-state index contributed by atoms with van der Waals surface area (Å²) < 4.78 is 0. The van der Waals surface area contributed by atoms with E-state index in [1.54, 1.807) is 24.3 Å². The van der Waals surface area contributed by atoms with Crippen LogP contribution in [-0.2, 0) is 14.4 Å². The minimum Gasteiger partial charge on any atom is -0.319 e. The van der Waals surface area contributed by atoms with Crippen molar-refractivity contribution in [3.63, 3.8) is 0 Å². The number of rotatable bonds is 4. The molecule has 18 heavy (non-hydrogen) atoms. The van der Waals surface area contributed by atoms with Crippen molar-refractivity contribution in [3.8, 4) is 0 Å². The Kier molecular flexibility index (Phi) is 6.53. The fraction of sp³-hybridized carbons (Fsp3) is 0.250. The molecule has 0 heterocycles. The van der Waals surface area contributed by atoms with E-state index in [2.05, 4.69) is 5.32 Å². The number of nitrogens with one attached hydrogen (secondary N) is 1. The van der Waals surface area contributed by atoms with E-state index in [1.807, 2.05) is 6.07 Å². The smallest absolute Gasteiger partial charge is 0.302 e. The molecule has 0 radical (unpaired) electrons. The molecule has 0 unspecified atom stereocenters. The molecule has 0 aliphatic heterocycles. The average Bonchev–Trinajstić information content (AvgIpc) is 2.35. The molecular weight excluding hydrogens is 270 g/mol. The van der Waals surface area contributed by atoms with Gasteiger partial charge < -0.3 is 5.32 Å². The van der Waals surface area contributed by atoms with Gasteiger partial charge in [0.2, 0.25) is 0 Å². The van der Waals surface area contributed by atoms with Gasteiger partial charge in [0, 0.05) is 24.1 Å². The topological polar surface area (TPSA) is 63.2 Å². The number of benzene rings is 1. The SMILES string of the molecule is CC(=O)SCCSC(=O)C(=O)Nc1ccccc1. The van der Waals surface area contributed by atoms with Crippen molar-refractivity contribution in [3.05, 3.63) is 30.3 Å². The summed E-state index contributed by atoms with van der Waals surface area (Å²) in [6.45, 7) is 1.47. The van der Waals surface area contributed by atoms with Gasteiger partial charge in [-0.15, -0.1) is 0 Å². The molecule has 0 saturated heterocycles. The summed E-state index contributed by atoms with van der Waals surface area (Å²) in [7, 11) is 0. The molecule has 4 nitrogen and oxygen atoms in total. The lowest BCUT2D eigenvalue weighted by atomic mass is 10.3. The largest absolute Gasteiger partial charge is 0.319 e. The van der Waals surface area contributed by atoms with Crippen LogP contribution in [-0.4, -0.2) is 27.6 Å². The van der Waals surface area contributed by atoms with Gasteiger partial charge in [0.15, 0.2) is 5.12 Å². The fourth-order valence-corrected chi connectivity index (χ4v) is 2.41. The van der Waals surface area contributed by atoms with E-state index >= 15 is 0 Å². The summed E-state index contributed by atoms with van der Waals surface area (Å²) in [5.74, 6) is 0.342. The number of carbonyl (C=O) groups excluding carboxylic acids is 3. The molecule has 1 amide bonds. The van der Waals surface area contributed by atoms with E-state index in [-0.39, 0.29) is 5.12 Å². The van der Waals surface area contributed by atoms with Crippen molar-refractivity contribution >= 4 is 45.3 Å². The van der Waals surface area contributed by atoms with Crippen molar-refractivity contribution < 1.29 is 14.4 Å². The van der Waals surface area contributed by atoms with Crippen LogP contribution < -0.4 is 5.32 Å². The van der Waals surface area contributed by atoms with Crippen LogP contribution in [0.25, 0.3) is 0 Å². The Morgan fingerprint density at radius 3 is 2.28 bits per heavy atom. The van der Waals surface area contributed by atoms with Gasteiger partial charge in [0.1, 0.15) is 0 Å². The van der Waals surface area contributed by atoms with Gasteiger partial charge in [-0.2, -0.15) is 0 Å². The summed E-state index contributed by atoms with van der Waals surface area (Å²) >= 11 is 2.07. The van der Waals surface area contributed by atoms with E-state index in [0.29, 0.717) is 17.2 Å². The number of amides is 1. The summed E-state index contributed by atoms with van der Waals surface area (Å²) in [5.41, 5.74) is 0.592. The minimum absolute atomic E-state index is 0.0109. The lowest BCUT2D eigenvalue weighted by Crippen LogP contribution is -2.20. The number of anilines is 1. The van der Waals surface area contributed by atoms with E-state index < -0.39 is 11.0 Å². The van der Waals surface area contributed by atoms with Crippen LogP contribution in [0.1, 0.15) is 6.92 Å². The highest BCUT2D eigenvalue weighted by atomic mass is 32.2. The van der Waals surface area contributed by atoms with E-state index in [4.69, 9.17) is 0 Å². The van der Waals surface area contributed by atoms with Crippen molar-refractivity contribution in [2.24, 2.45) is 0 Å². The molecule has 0 aromatic heterocycles. The van der Waals surface area contributed by atoms with Crippen LogP contribution in [0.4, 0.5) is 5.69 Å². The molecule has 1 aromatic carbocycles. The number of para-hydroxylation sites is 1. The van der Waals surface area contributed by atoms with Gasteiger partial charge in [-0.3, -0.25) is 14.4 Å². The van der Waals surface area contributed by atoms with Gasteiger partial charge in [0.05, 0.1) is 0 Å². The highest BCUT2D eigenvalue weighted by Gasteiger charge is 2.14. The zero-order valence-electron chi connectivity index (χ0n) is 9.84. The van der Waals surface area contributed by atoms with Gasteiger partial charge in [-0.05, 0) is 12.1 Å². The molecule has 0 atom stereocenters. The second-order valence-electron chi connectivity index (χ2n) is 3.30. The highest BCUT2D eigenvalue weighted by molar-refractivity contribution is 8.17. The Balaban J connectivity index is 2.29. The molecule has 0 aliphatic carbocycles. The van der Waals surface area contributed by atoms with Crippen molar-refractivity contribution in [1.29, 1.82) is 0 Å². The molecule has 96 valence electrons. The first-order valence-corrected chi connectivity index (χ1v) is 7.23. The Hall–Kier alpha value is -1.27. The van der Waals surface area contributed by atoms with Crippen molar-refractivity contribution in [1.82, 2.24) is 0 Å². The maximum atomic E-state index is 11.5. The second-order valence-corrected chi connectivity index (χ2v) is 5.64. The molecule has 0 bridgehead atoms. The zero-order valence-corrected chi connectivity index (χ0v) is 11.5. The third-order valence-electron chi connectivity index (χ3n) is 1.84. The van der Waals surface area contributed by atoms with Gasteiger partial charge in [-0.25, -0.2) is 0 Å². The standard InChI is InChI=1S/C12H13NO3S2/c1-9(14)17-7-8-18-12(16)11(15)13-10-5-3-2-4-6-10/h2-6H,7-8H2,1H3,(H,13,15). The van der Waals surface area contributed by atoms with Gasteiger partial charge in [-0.1, -0.05) is 41.7 Å². The summed E-state index contributed by atoms with van der Waals surface area (Å²) in [4.78, 5) is 33.6. The molecule has 6 heteroatoms. The lowest BCUT2D eigenvalue weighted by Gasteiger charge is -2.03. The lowest BCUT2D eigenvalue weighted by molar-refractivity contribution is -0.129. The van der Waals surface area contributed by atoms with Crippen LogP contribution >= 0.6 is 23.5 Å². The first-order chi connectivity index (χ1) is 8.59. The third kappa shape index (κ3) is 5.88. The van der Waals surface area contributed by atoms with E-state index in [0.717, 1.165) is 23.5 Å². The second kappa shape index (κ2) is 7.94. The molecule has 0 aliphatic rings. The molecule has 0 spiro atoms. The first kappa shape index (κ1) is 14.8. The van der Waals surface area contributed by atoms with Gasteiger partial charge in [0.25, 0.3) is 5.12 Å². The number of hydrogen-bond acceptors (Lipinski definition) is 5. The molecule has 1 N–H and O–H groups in total. The maximum absolute atomic E-state index is 11.5. The Labute approximate surface area is 114 Å². The fourth-order valence-electron chi connectivity index (χ4n) is 1.09. The van der Waals surface area contributed by atoms with E-state index in [9.17, 15) is 14.4 Å². The molecule has 0 fully saturated rings. The Morgan fingerprint density at radius 2 is 1.67 bits per heavy atom.